The van der Waals surface area contributed by atoms with E-state index >= 15 is 0 Å². The average Bonchev–Trinajstić information content (AvgIpc) is 2.48. The first kappa shape index (κ1) is 15.9. The Kier molecular flexibility index (Phi) is 4.79. The number of aromatic hydroxyl groups is 2. The monoisotopic (exact) mass is 311 g/mol. The molecule has 7 heteroatoms. The number of carbonyl (C=O) groups excluding carboxylic acids is 2. The van der Waals surface area contributed by atoms with Crippen molar-refractivity contribution in [3.63, 3.8) is 0 Å². The highest BCUT2D eigenvalue weighted by molar-refractivity contribution is 6.05. The summed E-state index contributed by atoms with van der Waals surface area (Å²) in [6.45, 7) is 0. The van der Waals surface area contributed by atoms with Crippen molar-refractivity contribution < 1.29 is 19.8 Å². The van der Waals surface area contributed by atoms with Crippen LogP contribution in [0.4, 0.5) is 11.4 Å². The summed E-state index contributed by atoms with van der Waals surface area (Å²) in [6, 6.07) is 11.6. The number of benzene rings is 2. The molecule has 0 saturated carbocycles. The van der Waals surface area contributed by atoms with E-state index in [2.05, 4.69) is 10.6 Å². The molecule has 0 unspecified atom stereocenters. The van der Waals surface area contributed by atoms with E-state index in [4.69, 9.17) is 5.26 Å². The number of carbonyl (C=O) groups is 2. The van der Waals surface area contributed by atoms with Gasteiger partial charge in [-0.2, -0.15) is 5.26 Å². The minimum atomic E-state index is -0.502. The average molecular weight is 311 g/mol. The van der Waals surface area contributed by atoms with Gasteiger partial charge in [0.1, 0.15) is 17.9 Å². The Balaban J connectivity index is 2.04. The molecule has 0 aromatic heterocycles. The van der Waals surface area contributed by atoms with E-state index in [0.29, 0.717) is 11.4 Å². The molecule has 4 N–H and O–H groups in total. The smallest absolute Gasteiger partial charge is 0.255 e. The molecule has 2 aromatic rings. The molecular weight excluding hydrogens is 298 g/mol. The molecule has 0 saturated heterocycles. The number of nitrogens with one attached hydrogen (secondary N) is 2. The largest absolute Gasteiger partial charge is 0.508 e. The van der Waals surface area contributed by atoms with Crippen molar-refractivity contribution in [3.8, 4) is 17.6 Å². The lowest BCUT2D eigenvalue weighted by Crippen LogP contribution is -2.12. The lowest BCUT2D eigenvalue weighted by atomic mass is 10.2. The number of hydrogen-bond donors (Lipinski definition) is 4. The lowest BCUT2D eigenvalue weighted by Gasteiger charge is -2.08. The summed E-state index contributed by atoms with van der Waals surface area (Å²) in [6.07, 6.45) is -0.237. The lowest BCUT2D eigenvalue weighted by molar-refractivity contribution is -0.115. The van der Waals surface area contributed by atoms with Crippen molar-refractivity contribution >= 4 is 23.2 Å². The molecule has 0 radical (unpaired) electrons. The zero-order valence-electron chi connectivity index (χ0n) is 11.9. The van der Waals surface area contributed by atoms with E-state index < -0.39 is 11.8 Å². The number of nitrogens with zero attached hydrogens (tertiary/aromatic N) is 1. The van der Waals surface area contributed by atoms with Crippen molar-refractivity contribution in [2.75, 3.05) is 10.6 Å². The van der Waals surface area contributed by atoms with Gasteiger partial charge < -0.3 is 20.8 Å². The minimum Gasteiger partial charge on any atom is -0.508 e. The molecule has 7 nitrogen and oxygen atoms in total. The molecule has 0 aliphatic heterocycles. The molecule has 0 spiro atoms. The zero-order valence-corrected chi connectivity index (χ0v) is 11.9. The zero-order chi connectivity index (χ0) is 16.8. The Morgan fingerprint density at radius 3 is 2.00 bits per heavy atom. The van der Waals surface area contributed by atoms with E-state index in [-0.39, 0.29) is 23.5 Å². The van der Waals surface area contributed by atoms with Gasteiger partial charge in [0.15, 0.2) is 0 Å². The second kappa shape index (κ2) is 6.95. The fraction of sp³-hybridized carbons (Fsp3) is 0.0625. The van der Waals surface area contributed by atoms with Gasteiger partial charge in [-0.15, -0.1) is 0 Å². The number of phenolic OH excluding ortho intramolecular Hbond substituents is 2. The van der Waals surface area contributed by atoms with Crippen molar-refractivity contribution in [1.29, 1.82) is 5.26 Å². The number of hydrogen-bond acceptors (Lipinski definition) is 5. The number of amides is 2. The summed E-state index contributed by atoms with van der Waals surface area (Å²) in [5.74, 6) is -1.35. The number of nitriles is 1. The first-order chi connectivity index (χ1) is 11.0. The normalized spacial score (nSPS) is 9.70. The Labute approximate surface area is 131 Å². The van der Waals surface area contributed by atoms with Gasteiger partial charge >= 0.3 is 0 Å². The first-order valence-corrected chi connectivity index (χ1v) is 6.59. The van der Waals surface area contributed by atoms with Crippen LogP contribution in [0.2, 0.25) is 0 Å². The predicted molar refractivity (Wildman–Crippen MR) is 83.0 cm³/mol. The number of phenols is 2. The molecule has 2 rings (SSSR count). The van der Waals surface area contributed by atoms with Gasteiger partial charge in [-0.3, -0.25) is 9.59 Å². The summed E-state index contributed by atoms with van der Waals surface area (Å²) in [5.41, 5.74) is 1.07. The van der Waals surface area contributed by atoms with Gasteiger partial charge in [0.2, 0.25) is 5.91 Å². The van der Waals surface area contributed by atoms with Gasteiger partial charge in [0, 0.05) is 23.0 Å². The third kappa shape index (κ3) is 4.47. The van der Waals surface area contributed by atoms with Gasteiger partial charge in [0.05, 0.1) is 6.07 Å². The topological polar surface area (TPSA) is 122 Å². The molecule has 0 fully saturated rings. The van der Waals surface area contributed by atoms with Crippen LogP contribution >= 0.6 is 0 Å². The highest BCUT2D eigenvalue weighted by Gasteiger charge is 2.09. The fourth-order valence-corrected chi connectivity index (χ4v) is 1.84. The molecule has 0 atom stereocenters. The minimum absolute atomic E-state index is 0.105. The maximum atomic E-state index is 12.0. The van der Waals surface area contributed by atoms with Crippen LogP contribution in [-0.4, -0.2) is 22.0 Å². The van der Waals surface area contributed by atoms with E-state index in [1.54, 1.807) is 30.3 Å². The Hall–Kier alpha value is -3.53. The first-order valence-electron chi connectivity index (χ1n) is 6.59. The maximum Gasteiger partial charge on any atom is 0.255 e. The Morgan fingerprint density at radius 1 is 0.957 bits per heavy atom. The molecule has 23 heavy (non-hydrogen) atoms. The Bertz CT molecular complexity index is 759. The standard InChI is InChI=1S/C16H13N3O4/c17-6-5-15(22)18-11-1-3-12(4-2-11)19-16(23)10-7-13(20)9-14(21)8-10/h1-4,7-9,20-21H,5H2,(H,18,22)(H,19,23). The summed E-state index contributed by atoms with van der Waals surface area (Å²) in [7, 11) is 0. The van der Waals surface area contributed by atoms with Crippen LogP contribution in [-0.2, 0) is 4.79 Å². The van der Waals surface area contributed by atoms with E-state index in [9.17, 15) is 19.8 Å². The molecule has 0 bridgehead atoms. The van der Waals surface area contributed by atoms with Crippen LogP contribution in [0.1, 0.15) is 16.8 Å². The number of rotatable bonds is 4. The van der Waals surface area contributed by atoms with E-state index in [1.807, 2.05) is 0 Å². The molecule has 0 aliphatic carbocycles. The fourth-order valence-electron chi connectivity index (χ4n) is 1.84. The van der Waals surface area contributed by atoms with Gasteiger partial charge in [-0.25, -0.2) is 0 Å². The second-order valence-corrected chi connectivity index (χ2v) is 4.65. The van der Waals surface area contributed by atoms with Crippen molar-refractivity contribution in [2.45, 2.75) is 6.42 Å². The molecule has 0 aliphatic rings. The van der Waals surface area contributed by atoms with E-state index in [1.165, 1.54) is 12.1 Å². The third-order valence-corrected chi connectivity index (χ3v) is 2.83. The quantitative estimate of drug-likeness (QED) is 0.689. The predicted octanol–water partition coefficient (Wildman–Crippen LogP) is 2.20. The van der Waals surface area contributed by atoms with Crippen LogP contribution in [0.15, 0.2) is 42.5 Å². The summed E-state index contributed by atoms with van der Waals surface area (Å²) in [5, 5.41) is 32.3. The molecular formula is C16H13N3O4. The second-order valence-electron chi connectivity index (χ2n) is 4.65. The van der Waals surface area contributed by atoms with Gasteiger partial charge in [-0.05, 0) is 36.4 Å². The summed E-state index contributed by atoms with van der Waals surface area (Å²) < 4.78 is 0. The number of anilines is 2. The summed E-state index contributed by atoms with van der Waals surface area (Å²) in [4.78, 5) is 23.3. The molecule has 116 valence electrons. The maximum absolute atomic E-state index is 12.0. The Morgan fingerprint density at radius 2 is 1.48 bits per heavy atom. The van der Waals surface area contributed by atoms with Crippen LogP contribution in [0.5, 0.6) is 11.5 Å². The molecule has 0 heterocycles. The van der Waals surface area contributed by atoms with Crippen molar-refractivity contribution in [2.24, 2.45) is 0 Å². The van der Waals surface area contributed by atoms with Crippen LogP contribution in [0.3, 0.4) is 0 Å². The van der Waals surface area contributed by atoms with Crippen molar-refractivity contribution in [3.05, 3.63) is 48.0 Å². The van der Waals surface area contributed by atoms with Gasteiger partial charge in [0.25, 0.3) is 5.91 Å². The van der Waals surface area contributed by atoms with Gasteiger partial charge in [-0.1, -0.05) is 0 Å². The van der Waals surface area contributed by atoms with Crippen LogP contribution in [0, 0.1) is 11.3 Å². The summed E-state index contributed by atoms with van der Waals surface area (Å²) >= 11 is 0. The van der Waals surface area contributed by atoms with Crippen molar-refractivity contribution in [1.82, 2.24) is 0 Å². The molecule has 2 aromatic carbocycles. The highest BCUT2D eigenvalue weighted by atomic mass is 16.3. The third-order valence-electron chi connectivity index (χ3n) is 2.83. The van der Waals surface area contributed by atoms with Crippen LogP contribution in [0.25, 0.3) is 0 Å². The van der Waals surface area contributed by atoms with E-state index in [0.717, 1.165) is 6.07 Å². The van der Waals surface area contributed by atoms with Crippen LogP contribution < -0.4 is 10.6 Å². The SMILES string of the molecule is N#CCC(=O)Nc1ccc(NC(=O)c2cc(O)cc(O)c2)cc1. The molecule has 2 amide bonds. The highest BCUT2D eigenvalue weighted by Crippen LogP contribution is 2.21.